The number of rotatable bonds is 6. The molecule has 3 aromatic rings. The third kappa shape index (κ3) is 5.46. The molecule has 0 atom stereocenters. The molecule has 0 unspecified atom stereocenters. The van der Waals surface area contributed by atoms with E-state index < -0.39 is 0 Å². The van der Waals surface area contributed by atoms with Gasteiger partial charge in [0, 0.05) is 12.6 Å². The summed E-state index contributed by atoms with van der Waals surface area (Å²) >= 11 is 0. The first-order chi connectivity index (χ1) is 13.4. The minimum atomic E-state index is -0.0415. The fourth-order valence-corrected chi connectivity index (χ4v) is 2.97. The van der Waals surface area contributed by atoms with Gasteiger partial charge in [-0.1, -0.05) is 75.4 Å². The standard InChI is InChI=1S/C25H27NO2/c1-25(2,3)22-14-11-20(12-15-22)13-16-24(27)26(19-23-10-7-17-28-23)18-21-8-5-4-6-9-21/h4-17H,18-19H2,1-3H3/b16-13+. The van der Waals surface area contributed by atoms with Gasteiger partial charge < -0.3 is 9.32 Å². The molecule has 0 radical (unpaired) electrons. The van der Waals surface area contributed by atoms with E-state index in [9.17, 15) is 4.79 Å². The van der Waals surface area contributed by atoms with Gasteiger partial charge in [-0.05, 0) is 40.3 Å². The summed E-state index contributed by atoms with van der Waals surface area (Å²) in [4.78, 5) is 14.7. The molecule has 0 aliphatic heterocycles. The molecule has 0 aliphatic carbocycles. The molecule has 0 N–H and O–H groups in total. The highest BCUT2D eigenvalue weighted by Crippen LogP contribution is 2.22. The van der Waals surface area contributed by atoms with E-state index in [1.807, 2.05) is 48.5 Å². The molecule has 28 heavy (non-hydrogen) atoms. The molecule has 144 valence electrons. The van der Waals surface area contributed by atoms with Crippen molar-refractivity contribution >= 4 is 12.0 Å². The summed E-state index contributed by atoms with van der Waals surface area (Å²) in [7, 11) is 0. The minimum absolute atomic E-state index is 0.0415. The Labute approximate surface area is 167 Å². The molecule has 0 saturated heterocycles. The topological polar surface area (TPSA) is 33.5 Å². The van der Waals surface area contributed by atoms with Crippen LogP contribution in [0.15, 0.2) is 83.5 Å². The highest BCUT2D eigenvalue weighted by Gasteiger charge is 2.14. The monoisotopic (exact) mass is 373 g/mol. The van der Waals surface area contributed by atoms with Gasteiger partial charge in [-0.25, -0.2) is 0 Å². The summed E-state index contributed by atoms with van der Waals surface area (Å²) in [6.07, 6.45) is 5.14. The Kier molecular flexibility index (Phi) is 6.15. The second kappa shape index (κ2) is 8.75. The van der Waals surface area contributed by atoms with Crippen LogP contribution in [0, 0.1) is 0 Å². The van der Waals surface area contributed by atoms with Gasteiger partial charge in [-0.3, -0.25) is 4.79 Å². The predicted octanol–water partition coefficient (Wildman–Crippen LogP) is 5.82. The number of hydrogen-bond donors (Lipinski definition) is 0. The Morgan fingerprint density at radius 3 is 2.25 bits per heavy atom. The van der Waals surface area contributed by atoms with Crippen LogP contribution in [0.3, 0.4) is 0 Å². The van der Waals surface area contributed by atoms with Gasteiger partial charge in [0.15, 0.2) is 0 Å². The minimum Gasteiger partial charge on any atom is -0.467 e. The molecule has 0 bridgehead atoms. The molecular formula is C25H27NO2. The van der Waals surface area contributed by atoms with Crippen molar-refractivity contribution in [2.24, 2.45) is 0 Å². The fraction of sp³-hybridized carbons (Fsp3) is 0.240. The van der Waals surface area contributed by atoms with E-state index in [2.05, 4.69) is 45.0 Å². The van der Waals surface area contributed by atoms with Gasteiger partial charge in [0.2, 0.25) is 5.91 Å². The fourth-order valence-electron chi connectivity index (χ4n) is 2.97. The van der Waals surface area contributed by atoms with E-state index in [0.717, 1.165) is 16.9 Å². The average Bonchev–Trinajstić information content (AvgIpc) is 3.19. The van der Waals surface area contributed by atoms with Crippen molar-refractivity contribution in [3.63, 3.8) is 0 Å². The summed E-state index contributed by atoms with van der Waals surface area (Å²) in [5.41, 5.74) is 3.50. The summed E-state index contributed by atoms with van der Waals surface area (Å²) in [5, 5.41) is 0. The van der Waals surface area contributed by atoms with Crippen molar-refractivity contribution in [1.82, 2.24) is 4.90 Å². The van der Waals surface area contributed by atoms with E-state index in [-0.39, 0.29) is 11.3 Å². The van der Waals surface area contributed by atoms with Crippen LogP contribution in [-0.2, 0) is 23.3 Å². The molecule has 1 amide bonds. The zero-order valence-corrected chi connectivity index (χ0v) is 16.8. The lowest BCUT2D eigenvalue weighted by Crippen LogP contribution is -2.28. The maximum atomic E-state index is 12.9. The molecule has 3 rings (SSSR count). The van der Waals surface area contributed by atoms with Crippen LogP contribution in [0.4, 0.5) is 0 Å². The first-order valence-corrected chi connectivity index (χ1v) is 9.56. The van der Waals surface area contributed by atoms with Crippen LogP contribution in [0.5, 0.6) is 0 Å². The molecule has 0 aliphatic rings. The zero-order valence-electron chi connectivity index (χ0n) is 16.8. The Hall–Kier alpha value is -3.07. The Balaban J connectivity index is 1.73. The van der Waals surface area contributed by atoms with Crippen molar-refractivity contribution < 1.29 is 9.21 Å². The van der Waals surface area contributed by atoms with Crippen molar-refractivity contribution in [3.05, 3.63) is 102 Å². The molecule has 2 aromatic carbocycles. The quantitative estimate of drug-likeness (QED) is 0.510. The van der Waals surface area contributed by atoms with Crippen molar-refractivity contribution in [2.75, 3.05) is 0 Å². The first-order valence-electron chi connectivity index (χ1n) is 9.56. The number of hydrogen-bond acceptors (Lipinski definition) is 2. The Bertz CT molecular complexity index is 901. The smallest absolute Gasteiger partial charge is 0.247 e. The van der Waals surface area contributed by atoms with E-state index in [4.69, 9.17) is 4.42 Å². The maximum absolute atomic E-state index is 12.9. The van der Waals surface area contributed by atoms with Gasteiger partial charge in [0.05, 0.1) is 12.8 Å². The highest BCUT2D eigenvalue weighted by molar-refractivity contribution is 5.91. The van der Waals surface area contributed by atoms with Crippen LogP contribution in [0.25, 0.3) is 6.08 Å². The summed E-state index contributed by atoms with van der Waals surface area (Å²) in [6.45, 7) is 7.55. The normalized spacial score (nSPS) is 11.7. The molecular weight excluding hydrogens is 346 g/mol. The van der Waals surface area contributed by atoms with Gasteiger partial charge in [0.25, 0.3) is 0 Å². The summed E-state index contributed by atoms with van der Waals surface area (Å²) in [6, 6.07) is 22.1. The number of furan rings is 1. The third-order valence-electron chi connectivity index (χ3n) is 4.65. The maximum Gasteiger partial charge on any atom is 0.247 e. The van der Waals surface area contributed by atoms with Gasteiger partial charge in [-0.15, -0.1) is 0 Å². The molecule has 0 spiro atoms. The lowest BCUT2D eigenvalue weighted by atomic mass is 9.87. The van der Waals surface area contributed by atoms with Gasteiger partial charge in [-0.2, -0.15) is 0 Å². The van der Waals surface area contributed by atoms with Gasteiger partial charge >= 0.3 is 0 Å². The molecule has 3 heteroatoms. The van der Waals surface area contributed by atoms with Crippen LogP contribution < -0.4 is 0 Å². The Morgan fingerprint density at radius 1 is 0.929 bits per heavy atom. The third-order valence-corrected chi connectivity index (χ3v) is 4.65. The second-order valence-corrected chi connectivity index (χ2v) is 7.96. The van der Waals surface area contributed by atoms with Crippen LogP contribution >= 0.6 is 0 Å². The summed E-state index contributed by atoms with van der Waals surface area (Å²) < 4.78 is 5.44. The number of amides is 1. The SMILES string of the molecule is CC(C)(C)c1ccc(/C=C/C(=O)N(Cc2ccccc2)Cc2ccco2)cc1. The van der Waals surface area contributed by atoms with Crippen molar-refractivity contribution in [2.45, 2.75) is 39.3 Å². The molecule has 0 fully saturated rings. The van der Waals surface area contributed by atoms with Gasteiger partial charge in [0.1, 0.15) is 5.76 Å². The van der Waals surface area contributed by atoms with Crippen LogP contribution in [0.2, 0.25) is 0 Å². The van der Waals surface area contributed by atoms with Crippen LogP contribution in [0.1, 0.15) is 43.2 Å². The highest BCUT2D eigenvalue weighted by atomic mass is 16.3. The van der Waals surface area contributed by atoms with E-state index in [1.54, 1.807) is 17.2 Å². The lowest BCUT2D eigenvalue weighted by Gasteiger charge is -2.20. The van der Waals surface area contributed by atoms with Crippen LogP contribution in [-0.4, -0.2) is 10.8 Å². The molecule has 0 saturated carbocycles. The Morgan fingerprint density at radius 2 is 1.64 bits per heavy atom. The molecule has 1 aromatic heterocycles. The molecule has 3 nitrogen and oxygen atoms in total. The number of nitrogens with zero attached hydrogens (tertiary/aromatic N) is 1. The van der Waals surface area contributed by atoms with E-state index in [0.29, 0.717) is 13.1 Å². The van der Waals surface area contributed by atoms with E-state index in [1.165, 1.54) is 5.56 Å². The summed E-state index contributed by atoms with van der Waals surface area (Å²) in [5.74, 6) is 0.729. The number of carbonyl (C=O) groups is 1. The number of carbonyl (C=O) groups excluding carboxylic acids is 1. The van der Waals surface area contributed by atoms with E-state index >= 15 is 0 Å². The second-order valence-electron chi connectivity index (χ2n) is 7.96. The van der Waals surface area contributed by atoms with Crippen molar-refractivity contribution in [3.8, 4) is 0 Å². The van der Waals surface area contributed by atoms with Crippen molar-refractivity contribution in [1.29, 1.82) is 0 Å². The average molecular weight is 373 g/mol. The molecule has 1 heterocycles. The zero-order chi connectivity index (χ0) is 20.0. The number of benzene rings is 2. The lowest BCUT2D eigenvalue weighted by molar-refractivity contribution is -0.127. The predicted molar refractivity (Wildman–Crippen MR) is 114 cm³/mol. The largest absolute Gasteiger partial charge is 0.467 e. The first kappa shape index (κ1) is 19.7.